The van der Waals surface area contributed by atoms with Crippen LogP contribution in [0.15, 0.2) is 17.3 Å². The van der Waals surface area contributed by atoms with E-state index >= 15 is 0 Å². The van der Waals surface area contributed by atoms with E-state index in [9.17, 15) is 0 Å². The van der Waals surface area contributed by atoms with Crippen LogP contribution < -0.4 is 5.73 Å². The van der Waals surface area contributed by atoms with Crippen LogP contribution in [0.1, 0.15) is 36.9 Å². The molecule has 3 N–H and O–H groups in total. The highest BCUT2D eigenvalue weighted by Crippen LogP contribution is 2.19. The van der Waals surface area contributed by atoms with Crippen molar-refractivity contribution in [2.45, 2.75) is 40.2 Å². The Kier molecular flexibility index (Phi) is 6.87. The lowest BCUT2D eigenvalue weighted by Crippen LogP contribution is -2.30. The molecule has 4 nitrogen and oxygen atoms in total. The van der Waals surface area contributed by atoms with Crippen molar-refractivity contribution < 1.29 is 5.21 Å². The van der Waals surface area contributed by atoms with E-state index in [0.717, 1.165) is 26.1 Å². The van der Waals surface area contributed by atoms with Gasteiger partial charge in [0.15, 0.2) is 0 Å². The number of amidine groups is 1. The normalized spacial score (nSPS) is 12.6. The monoisotopic (exact) mass is 283 g/mol. The van der Waals surface area contributed by atoms with E-state index in [2.05, 4.69) is 43.0 Å². The Hall–Kier alpha value is -1.07. The van der Waals surface area contributed by atoms with Crippen LogP contribution in [-0.2, 0) is 13.0 Å². The first-order valence-corrected chi connectivity index (χ1v) is 7.63. The van der Waals surface area contributed by atoms with Gasteiger partial charge >= 0.3 is 0 Å². The molecule has 1 aromatic heterocycles. The summed E-state index contributed by atoms with van der Waals surface area (Å²) in [6, 6.07) is 4.41. The molecular weight excluding hydrogens is 258 g/mol. The zero-order chi connectivity index (χ0) is 14.3. The molecule has 0 aliphatic rings. The number of hydrogen-bond donors (Lipinski definition) is 2. The van der Waals surface area contributed by atoms with Crippen LogP contribution in [0.3, 0.4) is 0 Å². The van der Waals surface area contributed by atoms with Gasteiger partial charge < -0.3 is 10.9 Å². The number of thiophene rings is 1. The summed E-state index contributed by atoms with van der Waals surface area (Å²) in [6.07, 6.45) is 1.70. The third-order valence-electron chi connectivity index (χ3n) is 2.88. The van der Waals surface area contributed by atoms with Crippen LogP contribution >= 0.6 is 11.3 Å². The fourth-order valence-electron chi connectivity index (χ4n) is 1.99. The van der Waals surface area contributed by atoms with Crippen molar-refractivity contribution in [2.75, 3.05) is 13.1 Å². The van der Waals surface area contributed by atoms with Crippen molar-refractivity contribution in [2.24, 2.45) is 16.8 Å². The van der Waals surface area contributed by atoms with Crippen molar-refractivity contribution >= 4 is 17.2 Å². The largest absolute Gasteiger partial charge is 0.409 e. The van der Waals surface area contributed by atoms with Crippen LogP contribution in [0.2, 0.25) is 0 Å². The van der Waals surface area contributed by atoms with Gasteiger partial charge in [-0.1, -0.05) is 25.9 Å². The van der Waals surface area contributed by atoms with Crippen molar-refractivity contribution in [3.8, 4) is 0 Å². The smallest absolute Gasteiger partial charge is 0.140 e. The van der Waals surface area contributed by atoms with Gasteiger partial charge in [-0.05, 0) is 24.5 Å². The maximum atomic E-state index is 8.60. The molecule has 0 aliphatic heterocycles. The fourth-order valence-corrected chi connectivity index (χ4v) is 2.99. The highest BCUT2D eigenvalue weighted by atomic mass is 32.1. The Morgan fingerprint density at radius 3 is 2.63 bits per heavy atom. The SMILES string of the molecule is CCc1ccc(CN(CCC(N)=NO)CC(C)C)s1. The van der Waals surface area contributed by atoms with Gasteiger partial charge in [0.2, 0.25) is 0 Å². The van der Waals surface area contributed by atoms with E-state index in [-0.39, 0.29) is 0 Å². The molecule has 0 radical (unpaired) electrons. The zero-order valence-corrected chi connectivity index (χ0v) is 12.9. The lowest BCUT2D eigenvalue weighted by Gasteiger charge is -2.23. The summed E-state index contributed by atoms with van der Waals surface area (Å²) in [6.45, 7) is 9.40. The number of aryl methyl sites for hydroxylation is 1. The van der Waals surface area contributed by atoms with Gasteiger partial charge in [-0.3, -0.25) is 4.90 Å². The Morgan fingerprint density at radius 2 is 2.11 bits per heavy atom. The van der Waals surface area contributed by atoms with Crippen molar-refractivity contribution in [3.05, 3.63) is 21.9 Å². The lowest BCUT2D eigenvalue weighted by molar-refractivity contribution is 0.242. The molecule has 0 bridgehead atoms. The molecule has 0 saturated heterocycles. The number of oxime groups is 1. The van der Waals surface area contributed by atoms with Gasteiger partial charge in [0.05, 0.1) is 0 Å². The first kappa shape index (κ1) is 16.0. The van der Waals surface area contributed by atoms with E-state index in [1.165, 1.54) is 9.75 Å². The van der Waals surface area contributed by atoms with Gasteiger partial charge in [-0.15, -0.1) is 11.3 Å². The van der Waals surface area contributed by atoms with E-state index in [1.54, 1.807) is 0 Å². The number of nitrogens with zero attached hydrogens (tertiary/aromatic N) is 2. The predicted molar refractivity (Wildman–Crippen MR) is 81.8 cm³/mol. The summed E-state index contributed by atoms with van der Waals surface area (Å²) in [5.74, 6) is 0.909. The summed E-state index contributed by atoms with van der Waals surface area (Å²) < 4.78 is 0. The second-order valence-corrected chi connectivity index (χ2v) is 6.44. The molecule has 1 heterocycles. The molecule has 0 atom stereocenters. The number of nitrogens with two attached hydrogens (primary N) is 1. The van der Waals surface area contributed by atoms with Gasteiger partial charge in [0.25, 0.3) is 0 Å². The Balaban J connectivity index is 2.57. The van der Waals surface area contributed by atoms with Crippen LogP contribution in [0.4, 0.5) is 0 Å². The summed E-state index contributed by atoms with van der Waals surface area (Å²) in [5, 5.41) is 11.6. The standard InChI is InChI=1S/C14H25N3OS/c1-4-12-5-6-13(19-12)10-17(9-11(2)3)8-7-14(15)16-18/h5-6,11,18H,4,7-10H2,1-3H3,(H2,15,16). The van der Waals surface area contributed by atoms with Gasteiger partial charge in [0, 0.05) is 35.8 Å². The maximum Gasteiger partial charge on any atom is 0.140 e. The molecule has 1 rings (SSSR count). The lowest BCUT2D eigenvalue weighted by atomic mass is 10.2. The maximum absolute atomic E-state index is 8.60. The molecule has 0 spiro atoms. The predicted octanol–water partition coefficient (Wildman–Crippen LogP) is 2.91. The van der Waals surface area contributed by atoms with E-state index in [4.69, 9.17) is 10.9 Å². The second kappa shape index (κ2) is 8.17. The Labute approximate surface area is 119 Å². The Morgan fingerprint density at radius 1 is 1.42 bits per heavy atom. The summed E-state index contributed by atoms with van der Waals surface area (Å²) in [4.78, 5) is 5.18. The number of hydrogen-bond acceptors (Lipinski definition) is 4. The quantitative estimate of drug-likeness (QED) is 0.334. The minimum Gasteiger partial charge on any atom is -0.409 e. The molecule has 0 amide bonds. The molecule has 0 fully saturated rings. The van der Waals surface area contributed by atoms with Crippen LogP contribution in [0.5, 0.6) is 0 Å². The number of rotatable bonds is 8. The molecule has 0 saturated carbocycles. The van der Waals surface area contributed by atoms with Gasteiger partial charge in [-0.25, -0.2) is 0 Å². The molecule has 108 valence electrons. The topological polar surface area (TPSA) is 61.8 Å². The van der Waals surface area contributed by atoms with E-state index < -0.39 is 0 Å². The van der Waals surface area contributed by atoms with E-state index in [0.29, 0.717) is 18.2 Å². The molecule has 0 unspecified atom stereocenters. The minimum absolute atomic E-state index is 0.300. The Bertz CT molecular complexity index is 401. The first-order valence-electron chi connectivity index (χ1n) is 6.81. The van der Waals surface area contributed by atoms with Crippen LogP contribution in [0, 0.1) is 5.92 Å². The van der Waals surface area contributed by atoms with Gasteiger partial charge in [-0.2, -0.15) is 0 Å². The molecule has 1 aromatic rings. The van der Waals surface area contributed by atoms with Gasteiger partial charge in [0.1, 0.15) is 5.84 Å². The average Bonchev–Trinajstić information content (AvgIpc) is 2.82. The van der Waals surface area contributed by atoms with Crippen molar-refractivity contribution in [1.82, 2.24) is 4.90 Å². The van der Waals surface area contributed by atoms with Crippen LogP contribution in [0.25, 0.3) is 0 Å². The van der Waals surface area contributed by atoms with E-state index in [1.807, 2.05) is 11.3 Å². The third kappa shape index (κ3) is 6.07. The molecule has 0 aliphatic carbocycles. The fraction of sp³-hybridized carbons (Fsp3) is 0.643. The zero-order valence-electron chi connectivity index (χ0n) is 12.1. The highest BCUT2D eigenvalue weighted by molar-refractivity contribution is 7.11. The third-order valence-corrected chi connectivity index (χ3v) is 4.10. The molecular formula is C14H25N3OS. The molecule has 19 heavy (non-hydrogen) atoms. The highest BCUT2D eigenvalue weighted by Gasteiger charge is 2.10. The summed E-state index contributed by atoms with van der Waals surface area (Å²) >= 11 is 1.88. The summed E-state index contributed by atoms with van der Waals surface area (Å²) in [5.41, 5.74) is 5.55. The van der Waals surface area contributed by atoms with Crippen molar-refractivity contribution in [1.29, 1.82) is 0 Å². The summed E-state index contributed by atoms with van der Waals surface area (Å²) in [7, 11) is 0. The minimum atomic E-state index is 0.300. The average molecular weight is 283 g/mol. The van der Waals surface area contributed by atoms with Crippen molar-refractivity contribution in [3.63, 3.8) is 0 Å². The molecule has 0 aromatic carbocycles. The van der Waals surface area contributed by atoms with Crippen LogP contribution in [-0.4, -0.2) is 29.0 Å². The second-order valence-electron chi connectivity index (χ2n) is 5.19. The first-order chi connectivity index (χ1) is 9.05. The molecule has 5 heteroatoms.